The third-order valence-corrected chi connectivity index (χ3v) is 4.57. The van der Waals surface area contributed by atoms with Crippen LogP contribution in [0.5, 0.6) is 0 Å². The zero-order valence-electron chi connectivity index (χ0n) is 14.2. The van der Waals surface area contributed by atoms with Crippen molar-refractivity contribution in [2.24, 2.45) is 0 Å². The van der Waals surface area contributed by atoms with E-state index in [-0.39, 0.29) is 5.91 Å². The van der Waals surface area contributed by atoms with Crippen LogP contribution < -0.4 is 5.32 Å². The molecule has 3 N–H and O–H groups in total. The van der Waals surface area contributed by atoms with Crippen LogP contribution in [0.4, 0.5) is 0 Å². The summed E-state index contributed by atoms with van der Waals surface area (Å²) in [7, 11) is 0. The SMILES string of the molecule is C[C@H](NCCC(C(=O)O)c1ccccc1)C(=O)N1CCC[C@H]1C(=O)O. The van der Waals surface area contributed by atoms with Gasteiger partial charge < -0.3 is 20.4 Å². The Hall–Kier alpha value is -2.41. The first kappa shape index (κ1) is 18.9. The predicted molar refractivity (Wildman–Crippen MR) is 91.3 cm³/mol. The number of nitrogens with one attached hydrogen (secondary N) is 1. The van der Waals surface area contributed by atoms with Gasteiger partial charge in [-0.3, -0.25) is 9.59 Å². The highest BCUT2D eigenvalue weighted by Crippen LogP contribution is 2.20. The molecule has 1 amide bonds. The van der Waals surface area contributed by atoms with Crippen LogP contribution in [-0.2, 0) is 14.4 Å². The Labute approximate surface area is 146 Å². The lowest BCUT2D eigenvalue weighted by atomic mass is 9.96. The van der Waals surface area contributed by atoms with Crippen molar-refractivity contribution in [3.8, 4) is 0 Å². The molecule has 1 aromatic carbocycles. The monoisotopic (exact) mass is 348 g/mol. The number of rotatable bonds is 8. The lowest BCUT2D eigenvalue weighted by Gasteiger charge is -2.25. The number of aliphatic carboxylic acids is 2. The maximum atomic E-state index is 12.4. The normalized spacial score (nSPS) is 19.4. The van der Waals surface area contributed by atoms with E-state index in [0.29, 0.717) is 32.4 Å². The van der Waals surface area contributed by atoms with E-state index in [2.05, 4.69) is 5.32 Å². The van der Waals surface area contributed by atoms with Crippen molar-refractivity contribution in [3.05, 3.63) is 35.9 Å². The molecule has 7 nitrogen and oxygen atoms in total. The molecule has 7 heteroatoms. The van der Waals surface area contributed by atoms with Crippen molar-refractivity contribution in [2.75, 3.05) is 13.1 Å². The number of carboxylic acid groups (broad SMARTS) is 2. The van der Waals surface area contributed by atoms with Gasteiger partial charge in [-0.2, -0.15) is 0 Å². The van der Waals surface area contributed by atoms with Crippen LogP contribution in [-0.4, -0.2) is 58.1 Å². The van der Waals surface area contributed by atoms with E-state index in [1.54, 1.807) is 31.2 Å². The number of hydrogen-bond acceptors (Lipinski definition) is 4. The average Bonchev–Trinajstić information content (AvgIpc) is 3.08. The Bertz CT molecular complexity index is 619. The molecule has 2 rings (SSSR count). The topological polar surface area (TPSA) is 107 Å². The van der Waals surface area contributed by atoms with Gasteiger partial charge in [0.05, 0.1) is 12.0 Å². The molecule has 1 aliphatic heterocycles. The van der Waals surface area contributed by atoms with Crippen LogP contribution in [0.1, 0.15) is 37.7 Å². The molecule has 1 saturated heterocycles. The molecule has 1 fully saturated rings. The molecule has 1 heterocycles. The molecule has 0 bridgehead atoms. The summed E-state index contributed by atoms with van der Waals surface area (Å²) in [6.07, 6.45) is 1.51. The van der Waals surface area contributed by atoms with E-state index in [4.69, 9.17) is 0 Å². The molecule has 0 spiro atoms. The van der Waals surface area contributed by atoms with Gasteiger partial charge in [-0.05, 0) is 38.3 Å². The van der Waals surface area contributed by atoms with Crippen molar-refractivity contribution in [1.82, 2.24) is 10.2 Å². The standard InChI is InChI=1S/C18H24N2O5/c1-12(16(21)20-11-5-8-15(20)18(24)25)19-10-9-14(17(22)23)13-6-3-2-4-7-13/h2-4,6-7,12,14-15,19H,5,8-11H2,1H3,(H,22,23)(H,24,25)/t12-,14?,15-/m0/s1. The summed E-state index contributed by atoms with van der Waals surface area (Å²) in [6.45, 7) is 2.48. The number of carbonyl (C=O) groups is 3. The predicted octanol–water partition coefficient (Wildman–Crippen LogP) is 1.30. The molecule has 3 atom stereocenters. The molecule has 0 aliphatic carbocycles. The number of carbonyl (C=O) groups excluding carboxylic acids is 1. The molecule has 136 valence electrons. The van der Waals surface area contributed by atoms with Gasteiger partial charge >= 0.3 is 11.9 Å². The summed E-state index contributed by atoms with van der Waals surface area (Å²) >= 11 is 0. The fourth-order valence-corrected chi connectivity index (χ4v) is 3.19. The minimum Gasteiger partial charge on any atom is -0.481 e. The second kappa shape index (κ2) is 8.62. The van der Waals surface area contributed by atoms with E-state index in [1.165, 1.54) is 4.90 Å². The summed E-state index contributed by atoms with van der Waals surface area (Å²) in [5, 5.41) is 21.6. The molecule has 1 aliphatic rings. The molecular formula is C18H24N2O5. The molecule has 1 aromatic rings. The largest absolute Gasteiger partial charge is 0.481 e. The van der Waals surface area contributed by atoms with Crippen molar-refractivity contribution in [3.63, 3.8) is 0 Å². The van der Waals surface area contributed by atoms with Crippen molar-refractivity contribution in [2.45, 2.75) is 44.2 Å². The first-order valence-electron chi connectivity index (χ1n) is 8.46. The van der Waals surface area contributed by atoms with Crippen LogP contribution in [0, 0.1) is 0 Å². The minimum atomic E-state index is -0.979. The summed E-state index contributed by atoms with van der Waals surface area (Å²) in [5.41, 5.74) is 0.723. The zero-order chi connectivity index (χ0) is 18.4. The van der Waals surface area contributed by atoms with Gasteiger partial charge in [-0.1, -0.05) is 30.3 Å². The third kappa shape index (κ3) is 4.79. The summed E-state index contributed by atoms with van der Waals surface area (Å²) in [5.74, 6) is -2.78. The minimum absolute atomic E-state index is 0.253. The fourth-order valence-electron chi connectivity index (χ4n) is 3.19. The van der Waals surface area contributed by atoms with E-state index >= 15 is 0 Å². The van der Waals surface area contributed by atoms with Crippen LogP contribution in [0.2, 0.25) is 0 Å². The lowest BCUT2D eigenvalue weighted by Crippen LogP contribution is -2.49. The number of nitrogens with zero attached hydrogens (tertiary/aromatic N) is 1. The number of hydrogen-bond donors (Lipinski definition) is 3. The van der Waals surface area contributed by atoms with E-state index in [0.717, 1.165) is 5.56 Å². The molecular weight excluding hydrogens is 324 g/mol. The second-order valence-electron chi connectivity index (χ2n) is 6.29. The quantitative estimate of drug-likeness (QED) is 0.654. The van der Waals surface area contributed by atoms with Gasteiger partial charge in [0.2, 0.25) is 5.91 Å². The fraction of sp³-hybridized carbons (Fsp3) is 0.500. The molecule has 1 unspecified atom stereocenters. The third-order valence-electron chi connectivity index (χ3n) is 4.57. The summed E-state index contributed by atoms with van der Waals surface area (Å²) < 4.78 is 0. The Morgan fingerprint density at radius 2 is 1.92 bits per heavy atom. The van der Waals surface area contributed by atoms with Crippen LogP contribution in [0.15, 0.2) is 30.3 Å². The van der Waals surface area contributed by atoms with E-state index in [1.807, 2.05) is 6.07 Å². The first-order chi connectivity index (χ1) is 11.9. The first-order valence-corrected chi connectivity index (χ1v) is 8.46. The number of benzene rings is 1. The van der Waals surface area contributed by atoms with Gasteiger partial charge in [0, 0.05) is 6.54 Å². The highest BCUT2D eigenvalue weighted by Gasteiger charge is 2.35. The Morgan fingerprint density at radius 1 is 1.24 bits per heavy atom. The Morgan fingerprint density at radius 3 is 2.52 bits per heavy atom. The van der Waals surface area contributed by atoms with Gasteiger partial charge in [-0.25, -0.2) is 4.79 Å². The van der Waals surface area contributed by atoms with Gasteiger partial charge in [0.25, 0.3) is 0 Å². The number of likely N-dealkylation sites (tertiary alicyclic amines) is 1. The van der Waals surface area contributed by atoms with E-state index in [9.17, 15) is 24.6 Å². The Kier molecular flexibility index (Phi) is 6.52. The highest BCUT2D eigenvalue weighted by atomic mass is 16.4. The maximum absolute atomic E-state index is 12.4. The molecule has 0 saturated carbocycles. The molecule has 0 aromatic heterocycles. The van der Waals surface area contributed by atoms with Gasteiger partial charge in [0.1, 0.15) is 6.04 Å². The second-order valence-corrected chi connectivity index (χ2v) is 6.29. The summed E-state index contributed by atoms with van der Waals surface area (Å²) in [6, 6.07) is 7.66. The van der Waals surface area contributed by atoms with Crippen molar-refractivity contribution >= 4 is 17.8 Å². The Balaban J connectivity index is 1.88. The van der Waals surface area contributed by atoms with Gasteiger partial charge in [0.15, 0.2) is 0 Å². The average molecular weight is 348 g/mol. The van der Waals surface area contributed by atoms with Crippen LogP contribution >= 0.6 is 0 Å². The lowest BCUT2D eigenvalue weighted by molar-refractivity contribution is -0.148. The smallest absolute Gasteiger partial charge is 0.326 e. The number of amides is 1. The number of carboxylic acids is 2. The zero-order valence-corrected chi connectivity index (χ0v) is 14.2. The van der Waals surface area contributed by atoms with Crippen LogP contribution in [0.25, 0.3) is 0 Å². The molecule has 0 radical (unpaired) electrons. The summed E-state index contributed by atoms with van der Waals surface area (Å²) in [4.78, 5) is 36.5. The van der Waals surface area contributed by atoms with Crippen molar-refractivity contribution in [1.29, 1.82) is 0 Å². The van der Waals surface area contributed by atoms with Crippen LogP contribution in [0.3, 0.4) is 0 Å². The molecule has 25 heavy (non-hydrogen) atoms. The maximum Gasteiger partial charge on any atom is 0.326 e. The highest BCUT2D eigenvalue weighted by molar-refractivity contribution is 5.87. The van der Waals surface area contributed by atoms with Gasteiger partial charge in [-0.15, -0.1) is 0 Å². The van der Waals surface area contributed by atoms with E-state index < -0.39 is 29.9 Å². The van der Waals surface area contributed by atoms with Crippen molar-refractivity contribution < 1.29 is 24.6 Å².